The number of benzene rings is 2. The third kappa shape index (κ3) is 3.54. The average molecular weight is 290 g/mol. The molecular weight excluding hydrogens is 273 g/mol. The maximum absolute atomic E-state index is 14.2. The van der Waals surface area contributed by atoms with Crippen LogP contribution in [0.5, 0.6) is 0 Å². The van der Waals surface area contributed by atoms with Gasteiger partial charge in [-0.1, -0.05) is 49.2 Å². The molecule has 0 saturated heterocycles. The summed E-state index contributed by atoms with van der Waals surface area (Å²) in [5.74, 6) is -2.95. The zero-order valence-corrected chi connectivity index (χ0v) is 12.1. The molecule has 0 unspecified atom stereocenters. The van der Waals surface area contributed by atoms with E-state index in [9.17, 15) is 13.2 Å². The van der Waals surface area contributed by atoms with Crippen LogP contribution in [0, 0.1) is 12.7 Å². The Balaban J connectivity index is 2.40. The molecule has 0 aliphatic carbocycles. The van der Waals surface area contributed by atoms with Gasteiger partial charge in [-0.15, -0.1) is 0 Å². The van der Waals surface area contributed by atoms with E-state index in [2.05, 4.69) is 0 Å². The molecule has 2 aromatic carbocycles. The van der Waals surface area contributed by atoms with Gasteiger partial charge in [-0.3, -0.25) is 0 Å². The first-order valence-corrected chi connectivity index (χ1v) is 6.94. The molecular formula is C18H17F3. The van der Waals surface area contributed by atoms with Crippen LogP contribution in [0.4, 0.5) is 13.2 Å². The number of halogens is 3. The van der Waals surface area contributed by atoms with Gasteiger partial charge in [0.25, 0.3) is 0 Å². The highest BCUT2D eigenvalue weighted by Gasteiger charge is 2.15. The first-order chi connectivity index (χ1) is 10.0. The molecule has 0 radical (unpaired) electrons. The number of rotatable bonds is 4. The highest BCUT2D eigenvalue weighted by atomic mass is 19.2. The lowest BCUT2D eigenvalue weighted by molar-refractivity contribution is 0.608. The molecule has 21 heavy (non-hydrogen) atoms. The number of aryl methyl sites for hydroxylation is 2. The summed E-state index contributed by atoms with van der Waals surface area (Å²) in [6.45, 7) is 3.83. The van der Waals surface area contributed by atoms with Gasteiger partial charge in [-0.25, -0.2) is 13.2 Å². The minimum Gasteiger partial charge on any atom is -0.206 e. The molecule has 0 nitrogen and oxygen atoms in total. The quantitative estimate of drug-likeness (QED) is 0.619. The van der Waals surface area contributed by atoms with Crippen LogP contribution in [0.25, 0.3) is 11.7 Å². The van der Waals surface area contributed by atoms with Gasteiger partial charge in [-0.05, 0) is 31.0 Å². The summed E-state index contributed by atoms with van der Waals surface area (Å²) in [5, 5.41) is 0. The molecule has 0 fully saturated rings. The van der Waals surface area contributed by atoms with Gasteiger partial charge in [0.15, 0.2) is 11.7 Å². The fourth-order valence-electron chi connectivity index (χ4n) is 2.13. The monoisotopic (exact) mass is 290 g/mol. The standard InChI is InChI=1S/C18H17F3/c1-3-4-13-7-10-15(16(19)11-13)18(21)17(20)14-8-5-12(2)6-9-14/h5-11H,3-4H2,1-2H3/b18-17+. The van der Waals surface area contributed by atoms with E-state index in [-0.39, 0.29) is 11.1 Å². The summed E-state index contributed by atoms with van der Waals surface area (Å²) >= 11 is 0. The Hall–Kier alpha value is -2.03. The van der Waals surface area contributed by atoms with Crippen LogP contribution in [-0.4, -0.2) is 0 Å². The summed E-state index contributed by atoms with van der Waals surface area (Å²) in [7, 11) is 0. The van der Waals surface area contributed by atoms with E-state index in [1.54, 1.807) is 18.2 Å². The molecule has 110 valence electrons. The molecule has 2 aromatic rings. The predicted octanol–water partition coefficient (Wildman–Crippen LogP) is 5.85. The lowest BCUT2D eigenvalue weighted by Crippen LogP contribution is -1.92. The van der Waals surface area contributed by atoms with Crippen LogP contribution in [0.2, 0.25) is 0 Å². The molecule has 0 bridgehead atoms. The summed E-state index contributed by atoms with van der Waals surface area (Å²) < 4.78 is 42.2. The van der Waals surface area contributed by atoms with Crippen LogP contribution in [0.15, 0.2) is 42.5 Å². The first-order valence-electron chi connectivity index (χ1n) is 6.94. The van der Waals surface area contributed by atoms with Crippen molar-refractivity contribution in [3.63, 3.8) is 0 Å². The van der Waals surface area contributed by atoms with E-state index in [0.29, 0.717) is 6.42 Å². The minimum atomic E-state index is -1.17. The van der Waals surface area contributed by atoms with Gasteiger partial charge in [0.1, 0.15) is 5.82 Å². The van der Waals surface area contributed by atoms with Crippen LogP contribution < -0.4 is 0 Å². The lowest BCUT2D eigenvalue weighted by Gasteiger charge is -2.06. The van der Waals surface area contributed by atoms with Crippen molar-refractivity contribution in [2.24, 2.45) is 0 Å². The Labute approximate surface area is 122 Å². The second-order valence-electron chi connectivity index (χ2n) is 5.06. The molecule has 0 amide bonds. The lowest BCUT2D eigenvalue weighted by atomic mass is 10.0. The topological polar surface area (TPSA) is 0 Å². The predicted molar refractivity (Wildman–Crippen MR) is 80.6 cm³/mol. The Kier molecular flexibility index (Phi) is 4.84. The maximum Gasteiger partial charge on any atom is 0.169 e. The van der Waals surface area contributed by atoms with Crippen LogP contribution in [0.1, 0.15) is 35.6 Å². The van der Waals surface area contributed by atoms with Crippen molar-refractivity contribution in [2.45, 2.75) is 26.7 Å². The van der Waals surface area contributed by atoms with Crippen molar-refractivity contribution in [1.82, 2.24) is 0 Å². The third-order valence-corrected chi connectivity index (χ3v) is 3.31. The molecule has 0 saturated carbocycles. The fraction of sp³-hybridized carbons (Fsp3) is 0.222. The molecule has 3 heteroatoms. The van der Waals surface area contributed by atoms with E-state index < -0.39 is 17.5 Å². The van der Waals surface area contributed by atoms with Crippen molar-refractivity contribution < 1.29 is 13.2 Å². The molecule has 0 aromatic heterocycles. The molecule has 0 N–H and O–H groups in total. The zero-order chi connectivity index (χ0) is 15.4. The van der Waals surface area contributed by atoms with Gasteiger partial charge < -0.3 is 0 Å². The van der Waals surface area contributed by atoms with Gasteiger partial charge in [0.05, 0.1) is 0 Å². The van der Waals surface area contributed by atoms with E-state index >= 15 is 0 Å². The van der Waals surface area contributed by atoms with Crippen molar-refractivity contribution in [3.05, 3.63) is 70.5 Å². The maximum atomic E-state index is 14.2. The second-order valence-corrected chi connectivity index (χ2v) is 5.06. The fourth-order valence-corrected chi connectivity index (χ4v) is 2.13. The van der Waals surface area contributed by atoms with E-state index in [4.69, 9.17) is 0 Å². The normalized spacial score (nSPS) is 12.2. The highest BCUT2D eigenvalue weighted by Crippen LogP contribution is 2.30. The average Bonchev–Trinajstić information content (AvgIpc) is 2.47. The van der Waals surface area contributed by atoms with E-state index in [0.717, 1.165) is 17.5 Å². The third-order valence-electron chi connectivity index (χ3n) is 3.31. The molecule has 0 spiro atoms. The molecule has 0 atom stereocenters. The largest absolute Gasteiger partial charge is 0.206 e. The Morgan fingerprint density at radius 1 is 0.952 bits per heavy atom. The highest BCUT2D eigenvalue weighted by molar-refractivity contribution is 5.83. The summed E-state index contributed by atoms with van der Waals surface area (Å²) in [6, 6.07) is 10.5. The first kappa shape index (κ1) is 15.4. The van der Waals surface area contributed by atoms with Gasteiger partial charge in [0, 0.05) is 11.1 Å². The summed E-state index contributed by atoms with van der Waals surface area (Å²) in [6.07, 6.45) is 1.58. The van der Waals surface area contributed by atoms with Gasteiger partial charge in [-0.2, -0.15) is 0 Å². The van der Waals surface area contributed by atoms with Crippen molar-refractivity contribution in [3.8, 4) is 0 Å². The molecule has 0 aliphatic rings. The van der Waals surface area contributed by atoms with Gasteiger partial charge >= 0.3 is 0 Å². The van der Waals surface area contributed by atoms with Gasteiger partial charge in [0.2, 0.25) is 0 Å². The Morgan fingerprint density at radius 2 is 1.62 bits per heavy atom. The Morgan fingerprint density at radius 3 is 2.19 bits per heavy atom. The molecule has 0 aliphatic heterocycles. The van der Waals surface area contributed by atoms with Crippen molar-refractivity contribution in [1.29, 1.82) is 0 Å². The van der Waals surface area contributed by atoms with Crippen molar-refractivity contribution >= 4 is 11.7 Å². The van der Waals surface area contributed by atoms with E-state index in [1.165, 1.54) is 24.3 Å². The molecule has 2 rings (SSSR count). The summed E-state index contributed by atoms with van der Waals surface area (Å²) in [4.78, 5) is 0. The second kappa shape index (κ2) is 6.61. The Bertz CT molecular complexity index is 655. The van der Waals surface area contributed by atoms with Crippen LogP contribution in [0.3, 0.4) is 0 Å². The van der Waals surface area contributed by atoms with Crippen molar-refractivity contribution in [2.75, 3.05) is 0 Å². The number of hydrogen-bond donors (Lipinski definition) is 0. The van der Waals surface area contributed by atoms with Crippen LogP contribution >= 0.6 is 0 Å². The number of hydrogen-bond acceptors (Lipinski definition) is 0. The minimum absolute atomic E-state index is 0.107. The SMILES string of the molecule is CCCc1ccc(/C(F)=C(\F)c2ccc(C)cc2)c(F)c1. The smallest absolute Gasteiger partial charge is 0.169 e. The molecule has 0 heterocycles. The van der Waals surface area contributed by atoms with Crippen LogP contribution in [-0.2, 0) is 6.42 Å². The zero-order valence-electron chi connectivity index (χ0n) is 12.1. The summed E-state index contributed by atoms with van der Waals surface area (Å²) in [5.41, 5.74) is 1.49. The van der Waals surface area contributed by atoms with E-state index in [1.807, 2.05) is 13.8 Å².